The molecule has 0 unspecified atom stereocenters. The standard InChI is InChI=1S/C19H21BrFN3O3/c1-2-27-19(26)23-7-5-22(6-8-23)17-10-16-13(9-15(17)21)18(25)14(20)11-24(16)12-3-4-12/h9-12H,2-8H2,1H3. The number of nitrogens with zero attached hydrogens (tertiary/aromatic N) is 3. The summed E-state index contributed by atoms with van der Waals surface area (Å²) < 4.78 is 22.4. The van der Waals surface area contributed by atoms with Crippen LogP contribution in [0.1, 0.15) is 25.8 Å². The largest absolute Gasteiger partial charge is 0.450 e. The SMILES string of the molecule is CCOC(=O)N1CCN(c2cc3c(cc2F)c(=O)c(Br)cn3C2CC2)CC1. The molecule has 0 atom stereocenters. The highest BCUT2D eigenvalue weighted by Crippen LogP contribution is 2.38. The van der Waals surface area contributed by atoms with Crippen molar-refractivity contribution in [1.29, 1.82) is 0 Å². The molecular formula is C19H21BrFN3O3. The van der Waals surface area contributed by atoms with Crippen LogP contribution in [0.25, 0.3) is 10.9 Å². The maximum absolute atomic E-state index is 14.8. The van der Waals surface area contributed by atoms with Gasteiger partial charge in [-0.2, -0.15) is 0 Å². The number of carbonyl (C=O) groups excluding carboxylic acids is 1. The second-order valence-electron chi connectivity index (χ2n) is 6.94. The lowest BCUT2D eigenvalue weighted by Gasteiger charge is -2.35. The highest BCUT2D eigenvalue weighted by Gasteiger charge is 2.28. The summed E-state index contributed by atoms with van der Waals surface area (Å²) in [5.74, 6) is -0.412. The normalized spacial score (nSPS) is 17.4. The lowest BCUT2D eigenvalue weighted by atomic mass is 10.1. The molecule has 2 aromatic rings. The van der Waals surface area contributed by atoms with Crippen LogP contribution in [-0.2, 0) is 4.74 Å². The summed E-state index contributed by atoms with van der Waals surface area (Å²) in [5, 5.41) is 0.391. The van der Waals surface area contributed by atoms with Gasteiger partial charge in [0.05, 0.1) is 22.3 Å². The third-order valence-electron chi connectivity index (χ3n) is 5.14. The van der Waals surface area contributed by atoms with E-state index in [0.29, 0.717) is 54.4 Å². The van der Waals surface area contributed by atoms with E-state index in [1.807, 2.05) is 11.1 Å². The fourth-order valence-electron chi connectivity index (χ4n) is 3.57. The molecule has 0 radical (unpaired) electrons. The number of pyridine rings is 1. The molecule has 1 amide bonds. The van der Waals surface area contributed by atoms with Gasteiger partial charge in [-0.3, -0.25) is 4.79 Å². The zero-order chi connectivity index (χ0) is 19.1. The highest BCUT2D eigenvalue weighted by molar-refractivity contribution is 9.10. The molecule has 0 bridgehead atoms. The molecule has 144 valence electrons. The average molecular weight is 438 g/mol. The lowest BCUT2D eigenvalue weighted by molar-refractivity contribution is 0.105. The van der Waals surface area contributed by atoms with Crippen LogP contribution in [0.3, 0.4) is 0 Å². The first-order chi connectivity index (χ1) is 13.0. The van der Waals surface area contributed by atoms with Crippen molar-refractivity contribution < 1.29 is 13.9 Å². The van der Waals surface area contributed by atoms with Gasteiger partial charge in [-0.15, -0.1) is 0 Å². The van der Waals surface area contributed by atoms with Crippen molar-refractivity contribution in [3.8, 4) is 0 Å². The van der Waals surface area contributed by atoms with Crippen molar-refractivity contribution in [3.63, 3.8) is 0 Å². The quantitative estimate of drug-likeness (QED) is 0.736. The van der Waals surface area contributed by atoms with Crippen molar-refractivity contribution in [2.75, 3.05) is 37.7 Å². The van der Waals surface area contributed by atoms with E-state index < -0.39 is 5.82 Å². The molecule has 1 aromatic carbocycles. The summed E-state index contributed by atoms with van der Waals surface area (Å²) in [7, 11) is 0. The van der Waals surface area contributed by atoms with Crippen LogP contribution in [0.4, 0.5) is 14.9 Å². The molecule has 0 N–H and O–H groups in total. The second-order valence-corrected chi connectivity index (χ2v) is 7.79. The Morgan fingerprint density at radius 1 is 1.26 bits per heavy atom. The van der Waals surface area contributed by atoms with Crippen LogP contribution in [0.5, 0.6) is 0 Å². The van der Waals surface area contributed by atoms with E-state index in [0.717, 1.165) is 18.4 Å². The minimum Gasteiger partial charge on any atom is -0.450 e. The summed E-state index contributed by atoms with van der Waals surface area (Å²) in [6.45, 7) is 4.11. The number of ether oxygens (including phenoxy) is 1. The average Bonchev–Trinajstić information content (AvgIpc) is 3.50. The van der Waals surface area contributed by atoms with Gasteiger partial charge in [0.15, 0.2) is 0 Å². The minimum atomic E-state index is -0.412. The zero-order valence-electron chi connectivity index (χ0n) is 15.1. The molecule has 1 saturated heterocycles. The third-order valence-corrected chi connectivity index (χ3v) is 5.71. The summed E-state index contributed by atoms with van der Waals surface area (Å²) in [4.78, 5) is 27.9. The Morgan fingerprint density at radius 3 is 2.59 bits per heavy atom. The molecule has 8 heteroatoms. The monoisotopic (exact) mass is 437 g/mol. The van der Waals surface area contributed by atoms with Gasteiger partial charge in [-0.1, -0.05) is 0 Å². The smallest absolute Gasteiger partial charge is 0.409 e. The van der Waals surface area contributed by atoms with Crippen LogP contribution in [0, 0.1) is 5.82 Å². The van der Waals surface area contributed by atoms with E-state index >= 15 is 0 Å². The van der Waals surface area contributed by atoms with Crippen LogP contribution >= 0.6 is 15.9 Å². The predicted octanol–water partition coefficient (Wildman–Crippen LogP) is 3.52. The van der Waals surface area contributed by atoms with Gasteiger partial charge in [0.1, 0.15) is 5.82 Å². The number of rotatable bonds is 3. The molecule has 1 aliphatic carbocycles. The Kier molecular flexibility index (Phi) is 4.84. The van der Waals surface area contributed by atoms with E-state index in [1.54, 1.807) is 17.9 Å². The Bertz CT molecular complexity index is 949. The molecule has 4 rings (SSSR count). The number of hydrogen-bond donors (Lipinski definition) is 0. The Balaban J connectivity index is 1.66. The topological polar surface area (TPSA) is 54.8 Å². The first-order valence-electron chi connectivity index (χ1n) is 9.20. The highest BCUT2D eigenvalue weighted by atomic mass is 79.9. The Labute approximate surface area is 164 Å². The van der Waals surface area contributed by atoms with Crippen LogP contribution in [-0.4, -0.2) is 48.3 Å². The van der Waals surface area contributed by atoms with Crippen LogP contribution < -0.4 is 10.3 Å². The third kappa shape index (κ3) is 3.42. The Hall–Kier alpha value is -2.09. The number of amides is 1. The maximum atomic E-state index is 14.8. The van der Waals surface area contributed by atoms with Gasteiger partial charge in [-0.05, 0) is 47.8 Å². The molecule has 2 fully saturated rings. The summed E-state index contributed by atoms with van der Waals surface area (Å²) in [6, 6.07) is 3.48. The summed E-state index contributed by atoms with van der Waals surface area (Å²) in [5.41, 5.74) is 1.04. The van der Waals surface area contributed by atoms with Crippen molar-refractivity contribution in [1.82, 2.24) is 9.47 Å². The summed E-state index contributed by atoms with van der Waals surface area (Å²) in [6.07, 6.45) is 3.61. The van der Waals surface area contributed by atoms with E-state index in [-0.39, 0.29) is 11.5 Å². The number of piperazine rings is 1. The molecule has 6 nitrogen and oxygen atoms in total. The van der Waals surface area contributed by atoms with E-state index in [1.165, 1.54) is 6.07 Å². The number of fused-ring (bicyclic) bond motifs is 1. The van der Waals surface area contributed by atoms with Gasteiger partial charge in [0.25, 0.3) is 0 Å². The van der Waals surface area contributed by atoms with Gasteiger partial charge >= 0.3 is 6.09 Å². The van der Waals surface area contributed by atoms with Crippen LogP contribution in [0.2, 0.25) is 0 Å². The molecule has 2 aliphatic rings. The number of carbonyl (C=O) groups is 1. The van der Waals surface area contributed by atoms with E-state index in [9.17, 15) is 14.0 Å². The van der Waals surface area contributed by atoms with Crippen molar-refractivity contribution in [2.24, 2.45) is 0 Å². The van der Waals surface area contributed by atoms with Gasteiger partial charge < -0.3 is 19.1 Å². The maximum Gasteiger partial charge on any atom is 0.409 e. The fourth-order valence-corrected chi connectivity index (χ4v) is 4.00. The zero-order valence-corrected chi connectivity index (χ0v) is 16.7. The van der Waals surface area contributed by atoms with Crippen molar-refractivity contribution in [3.05, 3.63) is 38.8 Å². The molecule has 2 heterocycles. The van der Waals surface area contributed by atoms with Crippen LogP contribution in [0.15, 0.2) is 27.6 Å². The van der Waals surface area contributed by atoms with Crippen molar-refractivity contribution >= 4 is 38.6 Å². The fraction of sp³-hybridized carbons (Fsp3) is 0.474. The number of hydrogen-bond acceptors (Lipinski definition) is 4. The van der Waals surface area contributed by atoms with E-state index in [2.05, 4.69) is 20.5 Å². The number of benzene rings is 1. The van der Waals surface area contributed by atoms with Gasteiger partial charge in [0.2, 0.25) is 5.43 Å². The molecule has 1 aliphatic heterocycles. The summed E-state index contributed by atoms with van der Waals surface area (Å²) >= 11 is 3.30. The minimum absolute atomic E-state index is 0.195. The van der Waals surface area contributed by atoms with Crippen molar-refractivity contribution in [2.45, 2.75) is 25.8 Å². The molecule has 1 saturated carbocycles. The molecule has 0 spiro atoms. The Morgan fingerprint density at radius 2 is 1.96 bits per heavy atom. The number of anilines is 1. The van der Waals surface area contributed by atoms with Gasteiger partial charge in [-0.25, -0.2) is 9.18 Å². The first kappa shape index (κ1) is 18.3. The lowest BCUT2D eigenvalue weighted by Crippen LogP contribution is -2.49. The first-order valence-corrected chi connectivity index (χ1v) is 9.99. The number of aromatic nitrogens is 1. The van der Waals surface area contributed by atoms with E-state index in [4.69, 9.17) is 4.74 Å². The second kappa shape index (κ2) is 7.14. The molecule has 27 heavy (non-hydrogen) atoms. The molecule has 1 aromatic heterocycles. The van der Waals surface area contributed by atoms with Gasteiger partial charge in [0, 0.05) is 43.8 Å². The molecular weight excluding hydrogens is 417 g/mol. The number of halogens is 2. The predicted molar refractivity (Wildman–Crippen MR) is 105 cm³/mol.